The Morgan fingerprint density at radius 3 is 3.00 bits per heavy atom. The maximum Gasteiger partial charge on any atom is 0.226 e. The van der Waals surface area contributed by atoms with Crippen molar-refractivity contribution in [2.45, 2.75) is 19.9 Å². The molecule has 5 nitrogen and oxygen atoms in total. The zero-order chi connectivity index (χ0) is 13.8. The van der Waals surface area contributed by atoms with Gasteiger partial charge in [0.25, 0.3) is 0 Å². The zero-order valence-corrected chi connectivity index (χ0v) is 11.3. The van der Waals surface area contributed by atoms with Gasteiger partial charge in [0.2, 0.25) is 5.91 Å². The lowest BCUT2D eigenvalue weighted by atomic mass is 10.2. The summed E-state index contributed by atoms with van der Waals surface area (Å²) in [5.74, 6) is -0.123. The minimum absolute atomic E-state index is 0.123. The third-order valence-corrected chi connectivity index (χ3v) is 2.85. The van der Waals surface area contributed by atoms with Gasteiger partial charge in [-0.2, -0.15) is 5.10 Å². The number of nitrogens with two attached hydrogens (primary N) is 1. The smallest absolute Gasteiger partial charge is 0.226 e. The number of carbonyl (C=O) groups excluding carboxylic acids is 1. The van der Waals surface area contributed by atoms with Crippen molar-refractivity contribution in [2.75, 3.05) is 11.1 Å². The van der Waals surface area contributed by atoms with Crippen molar-refractivity contribution in [3.63, 3.8) is 0 Å². The number of nitrogens with zero attached hydrogens (tertiary/aromatic N) is 2. The summed E-state index contributed by atoms with van der Waals surface area (Å²) in [6.45, 7) is 2.48. The van der Waals surface area contributed by atoms with Gasteiger partial charge in [0, 0.05) is 24.2 Å². The molecule has 0 unspecified atom stereocenters. The molecule has 0 saturated carbocycles. The number of anilines is 2. The first-order valence-electron chi connectivity index (χ1n) is 5.88. The number of hydrogen-bond donors (Lipinski definition) is 2. The van der Waals surface area contributed by atoms with E-state index < -0.39 is 0 Å². The Bertz CT molecular complexity index is 594. The Labute approximate surface area is 116 Å². The predicted octanol–water partition coefficient (Wildman–Crippen LogP) is 2.46. The van der Waals surface area contributed by atoms with Gasteiger partial charge in [0.15, 0.2) is 0 Å². The van der Waals surface area contributed by atoms with Gasteiger partial charge >= 0.3 is 0 Å². The molecule has 2 rings (SSSR count). The van der Waals surface area contributed by atoms with E-state index in [1.54, 1.807) is 29.1 Å². The fourth-order valence-electron chi connectivity index (χ4n) is 1.65. The van der Waals surface area contributed by atoms with E-state index in [1.165, 1.54) is 0 Å². The summed E-state index contributed by atoms with van der Waals surface area (Å²) < 4.78 is 1.73. The molecule has 0 aliphatic rings. The molecular formula is C13H15ClN4O. The van der Waals surface area contributed by atoms with Crippen molar-refractivity contribution >= 4 is 28.9 Å². The fraction of sp³-hybridized carbons (Fsp3) is 0.231. The van der Waals surface area contributed by atoms with E-state index in [9.17, 15) is 4.79 Å². The standard InChI is InChI=1S/C13H15ClN4O/c1-9-7-16-18(8-9)5-4-13(19)17-12-6-10(14)2-3-11(12)15/h2-3,6-8H,4-5,15H2,1H3,(H,17,19). The number of benzene rings is 1. The number of nitrogen functional groups attached to an aromatic ring is 1. The van der Waals surface area contributed by atoms with Gasteiger partial charge in [-0.25, -0.2) is 0 Å². The average Bonchev–Trinajstić information content (AvgIpc) is 2.77. The SMILES string of the molecule is Cc1cnn(CCC(=O)Nc2cc(Cl)ccc2N)c1. The minimum Gasteiger partial charge on any atom is -0.397 e. The lowest BCUT2D eigenvalue weighted by Crippen LogP contribution is -2.15. The zero-order valence-electron chi connectivity index (χ0n) is 10.6. The second-order valence-electron chi connectivity index (χ2n) is 4.31. The Morgan fingerprint density at radius 2 is 2.32 bits per heavy atom. The molecule has 1 amide bonds. The Hall–Kier alpha value is -2.01. The molecule has 19 heavy (non-hydrogen) atoms. The number of carbonyl (C=O) groups is 1. The summed E-state index contributed by atoms with van der Waals surface area (Å²) in [5, 5.41) is 7.39. The topological polar surface area (TPSA) is 72.9 Å². The monoisotopic (exact) mass is 278 g/mol. The van der Waals surface area contributed by atoms with Gasteiger partial charge in [0.1, 0.15) is 0 Å². The lowest BCUT2D eigenvalue weighted by molar-refractivity contribution is -0.116. The van der Waals surface area contributed by atoms with Gasteiger partial charge in [-0.05, 0) is 30.7 Å². The molecular weight excluding hydrogens is 264 g/mol. The summed E-state index contributed by atoms with van der Waals surface area (Å²) in [5.41, 5.74) is 7.86. The Balaban J connectivity index is 1.92. The number of rotatable bonds is 4. The first kappa shape index (κ1) is 13.4. The molecule has 6 heteroatoms. The van der Waals surface area contributed by atoms with Crippen LogP contribution in [0.1, 0.15) is 12.0 Å². The van der Waals surface area contributed by atoms with Gasteiger partial charge in [-0.15, -0.1) is 0 Å². The van der Waals surface area contributed by atoms with Crippen LogP contribution in [0.4, 0.5) is 11.4 Å². The predicted molar refractivity (Wildman–Crippen MR) is 76.1 cm³/mol. The summed E-state index contributed by atoms with van der Waals surface area (Å²) in [6.07, 6.45) is 3.97. The molecule has 2 aromatic rings. The van der Waals surface area contributed by atoms with Crippen LogP contribution in [0.25, 0.3) is 0 Å². The maximum absolute atomic E-state index is 11.8. The largest absolute Gasteiger partial charge is 0.397 e. The van der Waals surface area contributed by atoms with Crippen LogP contribution in [-0.2, 0) is 11.3 Å². The third-order valence-electron chi connectivity index (χ3n) is 2.62. The van der Waals surface area contributed by atoms with Crippen molar-refractivity contribution in [1.82, 2.24) is 9.78 Å². The van der Waals surface area contributed by atoms with Gasteiger partial charge in [-0.1, -0.05) is 11.6 Å². The Kier molecular flexibility index (Phi) is 4.06. The molecule has 1 heterocycles. The van der Waals surface area contributed by atoms with Crippen LogP contribution in [-0.4, -0.2) is 15.7 Å². The molecule has 1 aromatic carbocycles. The fourth-order valence-corrected chi connectivity index (χ4v) is 1.83. The molecule has 3 N–H and O–H groups in total. The van der Waals surface area contributed by atoms with Gasteiger partial charge < -0.3 is 11.1 Å². The van der Waals surface area contributed by atoms with Crippen molar-refractivity contribution < 1.29 is 4.79 Å². The minimum atomic E-state index is -0.123. The number of nitrogens with one attached hydrogen (secondary N) is 1. The Morgan fingerprint density at radius 1 is 1.53 bits per heavy atom. The number of hydrogen-bond acceptors (Lipinski definition) is 3. The van der Waals surface area contributed by atoms with E-state index in [1.807, 2.05) is 13.1 Å². The maximum atomic E-state index is 11.8. The van der Waals surface area contributed by atoms with Crippen LogP contribution in [0.3, 0.4) is 0 Å². The highest BCUT2D eigenvalue weighted by Gasteiger charge is 2.06. The van der Waals surface area contributed by atoms with Crippen LogP contribution in [0.2, 0.25) is 5.02 Å². The first-order valence-corrected chi connectivity index (χ1v) is 6.26. The summed E-state index contributed by atoms with van der Waals surface area (Å²) in [7, 11) is 0. The molecule has 0 saturated heterocycles. The molecule has 0 aliphatic heterocycles. The summed E-state index contributed by atoms with van der Waals surface area (Å²) in [4.78, 5) is 11.8. The van der Waals surface area contributed by atoms with Crippen molar-refractivity contribution in [3.8, 4) is 0 Å². The number of aryl methyl sites for hydroxylation is 2. The average molecular weight is 279 g/mol. The van der Waals surface area contributed by atoms with E-state index in [2.05, 4.69) is 10.4 Å². The summed E-state index contributed by atoms with van der Waals surface area (Å²) in [6, 6.07) is 4.97. The van der Waals surface area contributed by atoms with Crippen LogP contribution >= 0.6 is 11.6 Å². The van der Waals surface area contributed by atoms with Crippen LogP contribution in [0, 0.1) is 6.92 Å². The van der Waals surface area contributed by atoms with E-state index >= 15 is 0 Å². The molecule has 0 spiro atoms. The number of amides is 1. The molecule has 0 atom stereocenters. The van der Waals surface area contributed by atoms with Gasteiger partial charge in [-0.3, -0.25) is 9.48 Å². The summed E-state index contributed by atoms with van der Waals surface area (Å²) >= 11 is 5.86. The molecule has 100 valence electrons. The normalized spacial score (nSPS) is 10.4. The highest BCUT2D eigenvalue weighted by Crippen LogP contribution is 2.22. The molecule has 0 bridgehead atoms. The van der Waals surface area contributed by atoms with Gasteiger partial charge in [0.05, 0.1) is 17.6 Å². The number of halogens is 1. The second-order valence-corrected chi connectivity index (χ2v) is 4.75. The van der Waals surface area contributed by atoms with Crippen LogP contribution < -0.4 is 11.1 Å². The first-order chi connectivity index (χ1) is 9.04. The second kappa shape index (κ2) is 5.75. The van der Waals surface area contributed by atoms with Crippen molar-refractivity contribution in [2.24, 2.45) is 0 Å². The molecule has 1 aromatic heterocycles. The van der Waals surface area contributed by atoms with Crippen molar-refractivity contribution in [1.29, 1.82) is 0 Å². The van der Waals surface area contributed by atoms with Crippen LogP contribution in [0.15, 0.2) is 30.6 Å². The molecule has 0 radical (unpaired) electrons. The molecule has 0 aliphatic carbocycles. The van der Waals surface area contributed by atoms with E-state index in [4.69, 9.17) is 17.3 Å². The third kappa shape index (κ3) is 3.72. The highest BCUT2D eigenvalue weighted by molar-refractivity contribution is 6.31. The lowest BCUT2D eigenvalue weighted by Gasteiger charge is -2.08. The van der Waals surface area contributed by atoms with E-state index in [0.29, 0.717) is 29.4 Å². The van der Waals surface area contributed by atoms with E-state index in [-0.39, 0.29) is 5.91 Å². The quantitative estimate of drug-likeness (QED) is 0.844. The van der Waals surface area contributed by atoms with E-state index in [0.717, 1.165) is 5.56 Å². The van der Waals surface area contributed by atoms with Crippen molar-refractivity contribution in [3.05, 3.63) is 41.2 Å². The number of aromatic nitrogens is 2. The highest BCUT2D eigenvalue weighted by atomic mass is 35.5. The van der Waals surface area contributed by atoms with Crippen LogP contribution in [0.5, 0.6) is 0 Å². The molecule has 0 fully saturated rings.